The van der Waals surface area contributed by atoms with Crippen LogP contribution in [0.15, 0.2) is 48.2 Å². The number of carbonyl (C=O) groups excluding carboxylic acids is 2. The van der Waals surface area contributed by atoms with Crippen LogP contribution in [0.25, 0.3) is 5.76 Å². The third-order valence-electron chi connectivity index (χ3n) is 5.85. The fraction of sp³-hybridized carbons (Fsp3) is 0.348. The summed E-state index contributed by atoms with van der Waals surface area (Å²) in [7, 11) is 0. The average molecular weight is 394 g/mol. The lowest BCUT2D eigenvalue weighted by molar-refractivity contribution is -0.141. The van der Waals surface area contributed by atoms with Gasteiger partial charge in [-0.1, -0.05) is 25.3 Å². The highest BCUT2D eigenvalue weighted by molar-refractivity contribution is 6.46. The van der Waals surface area contributed by atoms with Gasteiger partial charge >= 0.3 is 0 Å². The number of aliphatic hydroxyl groups excluding tert-OH is 1. The summed E-state index contributed by atoms with van der Waals surface area (Å²) in [5, 5.41) is 11.0. The van der Waals surface area contributed by atoms with E-state index < -0.39 is 23.5 Å². The van der Waals surface area contributed by atoms with Gasteiger partial charge in [0.15, 0.2) is 0 Å². The molecule has 150 valence electrons. The Morgan fingerprint density at radius 3 is 2.55 bits per heavy atom. The van der Waals surface area contributed by atoms with Crippen LogP contribution in [0.3, 0.4) is 0 Å². The molecular weight excluding hydrogens is 371 g/mol. The molecule has 1 N–H and O–H groups in total. The molecule has 1 saturated heterocycles. The van der Waals surface area contributed by atoms with E-state index in [1.165, 1.54) is 18.2 Å². The fourth-order valence-corrected chi connectivity index (χ4v) is 4.36. The van der Waals surface area contributed by atoms with Crippen LogP contribution in [0, 0.1) is 12.7 Å². The van der Waals surface area contributed by atoms with Crippen molar-refractivity contribution in [2.24, 2.45) is 0 Å². The highest BCUT2D eigenvalue weighted by Crippen LogP contribution is 2.42. The van der Waals surface area contributed by atoms with Crippen LogP contribution in [-0.2, 0) is 9.59 Å². The van der Waals surface area contributed by atoms with Gasteiger partial charge in [-0.2, -0.15) is 0 Å². The van der Waals surface area contributed by atoms with E-state index in [2.05, 4.69) is 4.98 Å². The van der Waals surface area contributed by atoms with E-state index in [1.807, 2.05) is 0 Å². The lowest BCUT2D eigenvalue weighted by Gasteiger charge is -2.35. The number of carbonyl (C=O) groups is 2. The average Bonchev–Trinajstić information content (AvgIpc) is 3.01. The molecule has 1 saturated carbocycles. The standard InChI is InChI=1S/C23H23FN2O3/c1-14-13-15(10-11-17(14)24)21(27)19-20(18-9-5-6-12-25-18)26(23(29)22(19)28)16-7-3-2-4-8-16/h5-6,9-13,16,20,27H,2-4,7-8H2,1H3/b21-19-. The zero-order valence-electron chi connectivity index (χ0n) is 16.3. The van der Waals surface area contributed by atoms with Gasteiger partial charge in [-0.05, 0) is 55.7 Å². The van der Waals surface area contributed by atoms with Crippen molar-refractivity contribution >= 4 is 17.4 Å². The fourth-order valence-electron chi connectivity index (χ4n) is 4.36. The minimum absolute atomic E-state index is 0.0188. The first kappa shape index (κ1) is 19.3. The van der Waals surface area contributed by atoms with Crippen LogP contribution in [0.5, 0.6) is 0 Å². The summed E-state index contributed by atoms with van der Waals surface area (Å²) < 4.78 is 13.7. The molecule has 1 atom stereocenters. The largest absolute Gasteiger partial charge is 0.507 e. The molecule has 5 nitrogen and oxygen atoms in total. The van der Waals surface area contributed by atoms with Crippen molar-refractivity contribution in [2.75, 3.05) is 0 Å². The molecule has 4 rings (SSSR count). The van der Waals surface area contributed by atoms with Gasteiger partial charge < -0.3 is 10.0 Å². The molecule has 2 aromatic rings. The summed E-state index contributed by atoms with van der Waals surface area (Å²) in [6.45, 7) is 1.59. The van der Waals surface area contributed by atoms with E-state index in [-0.39, 0.29) is 17.4 Å². The number of hydrogen-bond acceptors (Lipinski definition) is 4. The third-order valence-corrected chi connectivity index (χ3v) is 5.85. The Balaban J connectivity index is 1.87. The number of nitrogens with zero attached hydrogens (tertiary/aromatic N) is 2. The minimum Gasteiger partial charge on any atom is -0.507 e. The quantitative estimate of drug-likeness (QED) is 0.479. The topological polar surface area (TPSA) is 70.5 Å². The molecule has 1 amide bonds. The summed E-state index contributed by atoms with van der Waals surface area (Å²) >= 11 is 0. The van der Waals surface area contributed by atoms with Gasteiger partial charge in [0.25, 0.3) is 11.7 Å². The summed E-state index contributed by atoms with van der Waals surface area (Å²) in [5.41, 5.74) is 1.22. The Kier molecular flexibility index (Phi) is 5.18. The van der Waals surface area contributed by atoms with Gasteiger partial charge in [-0.3, -0.25) is 14.6 Å². The molecule has 1 aliphatic heterocycles. The smallest absolute Gasteiger partial charge is 0.295 e. The van der Waals surface area contributed by atoms with Crippen molar-refractivity contribution in [1.29, 1.82) is 0 Å². The van der Waals surface area contributed by atoms with Crippen molar-refractivity contribution in [3.8, 4) is 0 Å². The summed E-state index contributed by atoms with van der Waals surface area (Å²) in [5.74, 6) is -2.01. The van der Waals surface area contributed by atoms with Gasteiger partial charge in [-0.15, -0.1) is 0 Å². The van der Waals surface area contributed by atoms with Crippen molar-refractivity contribution in [1.82, 2.24) is 9.88 Å². The zero-order valence-corrected chi connectivity index (χ0v) is 16.3. The molecule has 2 aliphatic rings. The summed E-state index contributed by atoms with van der Waals surface area (Å²) in [4.78, 5) is 32.0. The lowest BCUT2D eigenvalue weighted by atomic mass is 9.92. The molecule has 1 aromatic carbocycles. The van der Waals surface area contributed by atoms with Gasteiger partial charge in [0.05, 0.1) is 11.3 Å². The number of aliphatic hydroxyl groups is 1. The van der Waals surface area contributed by atoms with Gasteiger partial charge in [-0.25, -0.2) is 4.39 Å². The second-order valence-electron chi connectivity index (χ2n) is 7.72. The van der Waals surface area contributed by atoms with Gasteiger partial charge in [0.1, 0.15) is 17.6 Å². The van der Waals surface area contributed by atoms with E-state index in [0.717, 1.165) is 32.1 Å². The minimum atomic E-state index is -0.746. The van der Waals surface area contributed by atoms with E-state index >= 15 is 0 Å². The Labute approximate surface area is 168 Å². The van der Waals surface area contributed by atoms with Crippen LogP contribution in [0.1, 0.15) is 55.0 Å². The first-order valence-corrected chi connectivity index (χ1v) is 9.96. The lowest BCUT2D eigenvalue weighted by Crippen LogP contribution is -2.40. The number of amides is 1. The van der Waals surface area contributed by atoms with Crippen LogP contribution in [-0.4, -0.2) is 32.7 Å². The van der Waals surface area contributed by atoms with Crippen LogP contribution < -0.4 is 0 Å². The number of Topliss-reactive ketones (excluding diaryl/α,β-unsaturated/α-hetero) is 1. The monoisotopic (exact) mass is 394 g/mol. The van der Waals surface area contributed by atoms with E-state index in [9.17, 15) is 19.1 Å². The molecule has 2 heterocycles. The SMILES string of the molecule is Cc1cc(/C(O)=C2/C(=O)C(=O)N(C3CCCCC3)C2c2ccccn2)ccc1F. The number of halogens is 1. The first-order chi connectivity index (χ1) is 14.0. The van der Waals surface area contributed by atoms with E-state index in [0.29, 0.717) is 16.8 Å². The molecule has 1 aromatic heterocycles. The number of aryl methyl sites for hydroxylation is 1. The predicted molar refractivity (Wildman–Crippen MR) is 106 cm³/mol. The van der Waals surface area contributed by atoms with Crippen LogP contribution >= 0.6 is 0 Å². The zero-order chi connectivity index (χ0) is 20.5. The normalized spacial score (nSPS) is 22.3. The van der Waals surface area contributed by atoms with Crippen molar-refractivity contribution in [2.45, 2.75) is 51.1 Å². The highest BCUT2D eigenvalue weighted by Gasteiger charge is 2.49. The van der Waals surface area contributed by atoms with Gasteiger partial charge in [0, 0.05) is 17.8 Å². The molecule has 0 radical (unpaired) electrons. The second-order valence-corrected chi connectivity index (χ2v) is 7.72. The molecule has 1 unspecified atom stereocenters. The Morgan fingerprint density at radius 1 is 1.14 bits per heavy atom. The van der Waals surface area contributed by atoms with Crippen molar-refractivity contribution in [3.63, 3.8) is 0 Å². The van der Waals surface area contributed by atoms with E-state index in [4.69, 9.17) is 0 Å². The molecule has 2 fully saturated rings. The molecule has 0 spiro atoms. The number of aromatic nitrogens is 1. The molecule has 1 aliphatic carbocycles. The Hall–Kier alpha value is -3.02. The van der Waals surface area contributed by atoms with E-state index in [1.54, 1.807) is 36.2 Å². The van der Waals surface area contributed by atoms with Crippen molar-refractivity contribution < 1.29 is 19.1 Å². The Bertz CT molecular complexity index is 981. The number of benzene rings is 1. The number of pyridine rings is 1. The second kappa shape index (κ2) is 7.78. The van der Waals surface area contributed by atoms with Crippen LogP contribution in [0.2, 0.25) is 0 Å². The number of rotatable bonds is 3. The van der Waals surface area contributed by atoms with Crippen molar-refractivity contribution in [3.05, 3.63) is 70.8 Å². The maximum Gasteiger partial charge on any atom is 0.295 e. The maximum absolute atomic E-state index is 13.7. The number of likely N-dealkylation sites (tertiary alicyclic amines) is 1. The first-order valence-electron chi connectivity index (χ1n) is 9.96. The maximum atomic E-state index is 13.7. The number of ketones is 1. The van der Waals surface area contributed by atoms with Crippen LogP contribution in [0.4, 0.5) is 4.39 Å². The van der Waals surface area contributed by atoms with Gasteiger partial charge in [0.2, 0.25) is 0 Å². The Morgan fingerprint density at radius 2 is 1.90 bits per heavy atom. The summed E-state index contributed by atoms with van der Waals surface area (Å²) in [6.07, 6.45) is 6.37. The third kappa shape index (κ3) is 3.43. The highest BCUT2D eigenvalue weighted by atomic mass is 19.1. The molecule has 0 bridgehead atoms. The predicted octanol–water partition coefficient (Wildman–Crippen LogP) is 4.28. The molecule has 29 heavy (non-hydrogen) atoms. The molecular formula is C23H23FN2O3. The summed E-state index contributed by atoms with van der Waals surface area (Å²) in [6, 6.07) is 8.66. The number of hydrogen-bond donors (Lipinski definition) is 1. The molecule has 6 heteroatoms.